The van der Waals surface area contributed by atoms with E-state index in [1.54, 1.807) is 6.26 Å². The van der Waals surface area contributed by atoms with E-state index in [1.165, 1.54) is 11.8 Å². The molecule has 0 aromatic carbocycles. The molecule has 1 saturated carbocycles. The van der Waals surface area contributed by atoms with E-state index in [2.05, 4.69) is 25.7 Å². The molecule has 1 aromatic rings. The van der Waals surface area contributed by atoms with Crippen molar-refractivity contribution in [3.8, 4) is 0 Å². The molecule has 2 heterocycles. The van der Waals surface area contributed by atoms with Crippen LogP contribution in [0.5, 0.6) is 0 Å². The van der Waals surface area contributed by atoms with Crippen LogP contribution in [0.2, 0.25) is 0 Å². The summed E-state index contributed by atoms with van der Waals surface area (Å²) >= 11 is 1.29. The number of thioether (sulfide) groups is 1. The summed E-state index contributed by atoms with van der Waals surface area (Å²) in [5.41, 5.74) is 5.16. The normalized spacial score (nSPS) is 20.5. The Morgan fingerprint density at radius 3 is 2.73 bits per heavy atom. The molecule has 33 heavy (non-hydrogen) atoms. The van der Waals surface area contributed by atoms with E-state index in [0.717, 1.165) is 38.8 Å². The van der Waals surface area contributed by atoms with Crippen molar-refractivity contribution in [3.63, 3.8) is 0 Å². The molecule has 0 spiro atoms. The molecule has 2 fully saturated rings. The van der Waals surface area contributed by atoms with Gasteiger partial charge in [-0.1, -0.05) is 37.4 Å². The van der Waals surface area contributed by atoms with Gasteiger partial charge in [0.15, 0.2) is 16.8 Å². The summed E-state index contributed by atoms with van der Waals surface area (Å²) in [5, 5.41) is 10.5. The number of nitrogens with zero attached hydrogens (tertiary/aromatic N) is 5. The number of anilines is 2. The Labute approximate surface area is 198 Å². The summed E-state index contributed by atoms with van der Waals surface area (Å²) in [7, 11) is 2.03. The van der Waals surface area contributed by atoms with Crippen molar-refractivity contribution in [1.82, 2.24) is 25.4 Å². The molecule has 2 amide bonds. The second-order valence-electron chi connectivity index (χ2n) is 8.93. The summed E-state index contributed by atoms with van der Waals surface area (Å²) < 4.78 is 15.4. The first-order valence-electron chi connectivity index (χ1n) is 11.4. The van der Waals surface area contributed by atoms with Gasteiger partial charge in [-0.2, -0.15) is 4.39 Å². The molecule has 1 saturated heterocycles. The van der Waals surface area contributed by atoms with Crippen LogP contribution in [0.4, 0.5) is 16.0 Å². The van der Waals surface area contributed by atoms with Crippen LogP contribution in [0.15, 0.2) is 5.16 Å². The first kappa shape index (κ1) is 25.4. The van der Waals surface area contributed by atoms with Gasteiger partial charge in [0.1, 0.15) is 0 Å². The molecule has 1 aromatic heterocycles. The number of halogens is 1. The lowest BCUT2D eigenvalue weighted by Gasteiger charge is -2.39. The number of hydrazine groups is 1. The Balaban J connectivity index is 1.74. The van der Waals surface area contributed by atoms with Gasteiger partial charge < -0.3 is 9.80 Å². The zero-order valence-electron chi connectivity index (χ0n) is 19.5. The summed E-state index contributed by atoms with van der Waals surface area (Å²) in [5.74, 6) is -1.23. The number of likely N-dealkylation sites (N-methyl/N-ethyl adjacent to an activating group) is 1. The van der Waals surface area contributed by atoms with Crippen molar-refractivity contribution < 1.29 is 19.2 Å². The number of hydrogen-bond acceptors (Lipinski definition) is 9. The minimum atomic E-state index is -0.631. The van der Waals surface area contributed by atoms with Crippen LogP contribution in [0, 0.1) is 17.7 Å². The fourth-order valence-electron chi connectivity index (χ4n) is 4.64. The van der Waals surface area contributed by atoms with Crippen molar-refractivity contribution in [2.45, 2.75) is 50.2 Å². The second-order valence-corrected chi connectivity index (χ2v) is 9.70. The highest BCUT2D eigenvalue weighted by atomic mass is 32.2. The van der Waals surface area contributed by atoms with Crippen LogP contribution in [0.1, 0.15) is 39.0 Å². The minimum Gasteiger partial charge on any atom is -0.349 e. The molecule has 12 heteroatoms. The van der Waals surface area contributed by atoms with Gasteiger partial charge >= 0.3 is 0 Å². The topological polar surface area (TPSA) is 114 Å². The molecule has 2 aliphatic rings. The predicted octanol–water partition coefficient (Wildman–Crippen LogP) is 1.97. The largest absolute Gasteiger partial charge is 0.349 e. The van der Waals surface area contributed by atoms with Gasteiger partial charge in [-0.3, -0.25) is 25.6 Å². The van der Waals surface area contributed by atoms with Crippen molar-refractivity contribution >= 4 is 35.7 Å². The summed E-state index contributed by atoms with van der Waals surface area (Å²) in [6, 6.07) is 0.0694. The van der Waals surface area contributed by atoms with E-state index in [-0.39, 0.29) is 30.6 Å². The third-order valence-electron chi connectivity index (χ3n) is 6.40. The first-order valence-corrected chi connectivity index (χ1v) is 12.6. The van der Waals surface area contributed by atoms with E-state index in [4.69, 9.17) is 0 Å². The molecular formula is C21H34FN7O3S. The van der Waals surface area contributed by atoms with Crippen LogP contribution in [-0.4, -0.2) is 83.0 Å². The van der Waals surface area contributed by atoms with Gasteiger partial charge in [0.2, 0.25) is 18.1 Å². The molecule has 0 radical (unpaired) electrons. The van der Waals surface area contributed by atoms with E-state index >= 15 is 4.39 Å². The first-order chi connectivity index (χ1) is 15.8. The number of aromatic nitrogens is 2. The number of nitrogens with one attached hydrogen (secondary N) is 2. The molecule has 2 atom stereocenters. The maximum Gasteiger partial charge on any atom is 0.243 e. The summed E-state index contributed by atoms with van der Waals surface area (Å²) in [4.78, 5) is 36.4. The molecular weight excluding hydrogens is 449 g/mol. The Morgan fingerprint density at radius 1 is 1.36 bits per heavy atom. The highest BCUT2D eigenvalue weighted by Gasteiger charge is 2.29. The lowest BCUT2D eigenvalue weighted by Crippen LogP contribution is -2.51. The van der Waals surface area contributed by atoms with Crippen LogP contribution < -0.4 is 15.8 Å². The van der Waals surface area contributed by atoms with Gasteiger partial charge in [-0.25, -0.2) is 15.0 Å². The zero-order chi connectivity index (χ0) is 24.0. The Hall–Kier alpha value is -2.18. The molecule has 184 valence electrons. The Bertz CT molecular complexity index is 827. The maximum atomic E-state index is 15.4. The van der Waals surface area contributed by atoms with Crippen molar-refractivity contribution in [2.75, 3.05) is 49.8 Å². The van der Waals surface area contributed by atoms with Crippen molar-refractivity contribution in [2.24, 2.45) is 11.8 Å². The molecule has 3 rings (SSSR count). The number of amides is 2. The van der Waals surface area contributed by atoms with E-state index in [0.29, 0.717) is 29.1 Å². The number of rotatable bonds is 10. The van der Waals surface area contributed by atoms with Crippen LogP contribution in [0.3, 0.4) is 0 Å². The van der Waals surface area contributed by atoms with Crippen molar-refractivity contribution in [1.29, 1.82) is 0 Å². The lowest BCUT2D eigenvalue weighted by molar-refractivity contribution is -0.154. The quantitative estimate of drug-likeness (QED) is 0.151. The highest BCUT2D eigenvalue weighted by Crippen LogP contribution is 2.31. The van der Waals surface area contributed by atoms with Gasteiger partial charge in [0.25, 0.3) is 0 Å². The summed E-state index contributed by atoms with van der Waals surface area (Å²) in [6.45, 7) is 4.10. The zero-order valence-corrected chi connectivity index (χ0v) is 20.3. The van der Waals surface area contributed by atoms with E-state index in [1.807, 2.05) is 18.9 Å². The fourth-order valence-corrected chi connectivity index (χ4v) is 5.00. The Kier molecular flexibility index (Phi) is 9.10. The number of carbonyl (C=O) groups is 2. The summed E-state index contributed by atoms with van der Waals surface area (Å²) in [6.07, 6.45) is 6.91. The molecule has 10 nitrogen and oxygen atoms in total. The van der Waals surface area contributed by atoms with Crippen LogP contribution >= 0.6 is 11.8 Å². The second kappa shape index (κ2) is 11.8. The van der Waals surface area contributed by atoms with E-state index < -0.39 is 17.6 Å². The number of piperazine rings is 1. The molecule has 3 N–H and O–H groups in total. The number of hydrogen-bond donors (Lipinski definition) is 3. The SMILES string of the molecule is CSc1nc(NNC(=O)[C@H](CC2CCCC2)CN(O)C=O)c(F)c(N2CCN(C)C[C@@H]2C)n1. The number of carbonyl (C=O) groups excluding carboxylic acids is 2. The third kappa shape index (κ3) is 6.67. The van der Waals surface area contributed by atoms with Gasteiger partial charge in [0, 0.05) is 25.7 Å². The number of hydroxylamine groups is 2. The average molecular weight is 484 g/mol. The van der Waals surface area contributed by atoms with E-state index in [9.17, 15) is 14.8 Å². The van der Waals surface area contributed by atoms with Gasteiger partial charge in [-0.05, 0) is 32.6 Å². The molecule has 0 bridgehead atoms. The monoisotopic (exact) mass is 483 g/mol. The van der Waals surface area contributed by atoms with Crippen LogP contribution in [-0.2, 0) is 9.59 Å². The van der Waals surface area contributed by atoms with Crippen molar-refractivity contribution in [3.05, 3.63) is 5.82 Å². The third-order valence-corrected chi connectivity index (χ3v) is 6.94. The lowest BCUT2D eigenvalue weighted by atomic mass is 9.92. The van der Waals surface area contributed by atoms with Gasteiger partial charge in [0.05, 0.1) is 12.5 Å². The molecule has 1 aliphatic heterocycles. The Morgan fingerprint density at radius 2 is 2.09 bits per heavy atom. The highest BCUT2D eigenvalue weighted by molar-refractivity contribution is 7.98. The average Bonchev–Trinajstić information content (AvgIpc) is 3.31. The standard InChI is InChI=1S/C21H34FN7O3S/c1-14-11-27(2)8-9-29(14)19-17(22)18(23-21(24-19)33-3)25-26-20(31)16(12-28(32)13-30)10-15-6-4-5-7-15/h13-16,32H,4-12H2,1-3H3,(H,26,31)(H,23,24,25)/t14-,16+/m0/s1. The smallest absolute Gasteiger partial charge is 0.243 e. The minimum absolute atomic E-state index is 0.0694. The molecule has 0 unspecified atom stereocenters. The fraction of sp³-hybridized carbons (Fsp3) is 0.714. The predicted molar refractivity (Wildman–Crippen MR) is 124 cm³/mol. The van der Waals surface area contributed by atoms with Crippen LogP contribution in [0.25, 0.3) is 0 Å². The maximum absolute atomic E-state index is 15.4. The van der Waals surface area contributed by atoms with Gasteiger partial charge in [-0.15, -0.1) is 0 Å². The molecule has 1 aliphatic carbocycles.